The summed E-state index contributed by atoms with van der Waals surface area (Å²) >= 11 is 5.48. The topological polar surface area (TPSA) is 52.7 Å². The van der Waals surface area contributed by atoms with Gasteiger partial charge in [0.05, 0.1) is 4.90 Å². The molecule has 2 aromatic rings. The van der Waals surface area contributed by atoms with Gasteiger partial charge in [-0.25, -0.2) is 8.42 Å². The highest BCUT2D eigenvalue weighted by Gasteiger charge is 2.30. The molecule has 5 nitrogen and oxygen atoms in total. The van der Waals surface area contributed by atoms with Gasteiger partial charge in [0.1, 0.15) is 0 Å². The molecule has 7 heteroatoms. The summed E-state index contributed by atoms with van der Waals surface area (Å²) in [6.45, 7) is 6.46. The summed E-state index contributed by atoms with van der Waals surface area (Å²) in [5.74, 6) is 0. The van der Waals surface area contributed by atoms with E-state index in [9.17, 15) is 8.42 Å². The lowest BCUT2D eigenvalue weighted by atomic mass is 10.2. The van der Waals surface area contributed by atoms with Gasteiger partial charge in [-0.2, -0.15) is 4.31 Å². The highest BCUT2D eigenvalue weighted by molar-refractivity contribution is 7.89. The molecular formula is C20H25N3O2S2. The Kier molecular flexibility index (Phi) is 6.14. The summed E-state index contributed by atoms with van der Waals surface area (Å²) in [5.41, 5.74) is 2.89. The van der Waals surface area contributed by atoms with Gasteiger partial charge in [-0.1, -0.05) is 42.5 Å². The van der Waals surface area contributed by atoms with Crippen LogP contribution >= 0.6 is 12.2 Å². The predicted octanol–water partition coefficient (Wildman–Crippen LogP) is 2.68. The number of sulfonamides is 1. The Bertz CT molecular complexity index is 906. The van der Waals surface area contributed by atoms with Gasteiger partial charge in [0.15, 0.2) is 5.11 Å². The fraction of sp³-hybridized carbons (Fsp3) is 0.350. The molecule has 1 N–H and O–H groups in total. The predicted molar refractivity (Wildman–Crippen MR) is 112 cm³/mol. The molecule has 0 saturated carbocycles. The van der Waals surface area contributed by atoms with E-state index in [4.69, 9.17) is 12.2 Å². The number of hydrogen-bond acceptors (Lipinski definition) is 3. The van der Waals surface area contributed by atoms with Crippen LogP contribution in [0.3, 0.4) is 0 Å². The Hall–Kier alpha value is -1.96. The Morgan fingerprint density at radius 1 is 1.04 bits per heavy atom. The SMILES string of the molecule is Cc1ccc(C)c(S(=O)(=O)N2CCN(C(=S)NCc3ccccc3)CC2)c1. The molecule has 1 heterocycles. The van der Waals surface area contributed by atoms with Crippen LogP contribution in [0.2, 0.25) is 0 Å². The molecule has 0 amide bonds. The van der Waals surface area contributed by atoms with Crippen LogP contribution in [-0.4, -0.2) is 48.9 Å². The molecule has 144 valence electrons. The highest BCUT2D eigenvalue weighted by atomic mass is 32.2. The normalized spacial score (nSPS) is 15.6. The maximum atomic E-state index is 13.0. The van der Waals surface area contributed by atoms with Crippen LogP contribution in [-0.2, 0) is 16.6 Å². The second kappa shape index (κ2) is 8.37. The zero-order valence-corrected chi connectivity index (χ0v) is 17.3. The van der Waals surface area contributed by atoms with Crippen molar-refractivity contribution >= 4 is 27.4 Å². The number of benzene rings is 2. The number of hydrogen-bond donors (Lipinski definition) is 1. The summed E-state index contributed by atoms with van der Waals surface area (Å²) in [6.07, 6.45) is 0. The Balaban J connectivity index is 1.59. The molecule has 3 rings (SSSR count). The van der Waals surface area contributed by atoms with E-state index in [1.165, 1.54) is 0 Å². The van der Waals surface area contributed by atoms with Gasteiger partial charge in [0, 0.05) is 32.7 Å². The molecule has 0 spiro atoms. The Morgan fingerprint density at radius 3 is 2.37 bits per heavy atom. The van der Waals surface area contributed by atoms with Crippen molar-refractivity contribution in [1.29, 1.82) is 0 Å². The fourth-order valence-corrected chi connectivity index (χ4v) is 5.13. The molecule has 1 saturated heterocycles. The van der Waals surface area contributed by atoms with E-state index in [0.29, 0.717) is 42.7 Å². The van der Waals surface area contributed by atoms with Crippen molar-refractivity contribution in [3.05, 3.63) is 65.2 Å². The van der Waals surface area contributed by atoms with Crippen LogP contribution in [0.25, 0.3) is 0 Å². The van der Waals surface area contributed by atoms with Gasteiger partial charge in [0.2, 0.25) is 10.0 Å². The lowest BCUT2D eigenvalue weighted by molar-refractivity contribution is 0.264. The zero-order valence-electron chi connectivity index (χ0n) is 15.7. The van der Waals surface area contributed by atoms with E-state index in [-0.39, 0.29) is 0 Å². The minimum absolute atomic E-state index is 0.403. The lowest BCUT2D eigenvalue weighted by Crippen LogP contribution is -2.52. The Morgan fingerprint density at radius 2 is 1.70 bits per heavy atom. The maximum Gasteiger partial charge on any atom is 0.243 e. The second-order valence-electron chi connectivity index (χ2n) is 6.80. The molecule has 0 atom stereocenters. The molecule has 27 heavy (non-hydrogen) atoms. The van der Waals surface area contributed by atoms with Crippen LogP contribution in [0.5, 0.6) is 0 Å². The first-order chi connectivity index (χ1) is 12.9. The molecule has 1 aliphatic rings. The molecule has 0 bridgehead atoms. The molecule has 1 aliphatic heterocycles. The van der Waals surface area contributed by atoms with E-state index >= 15 is 0 Å². The minimum atomic E-state index is -3.48. The smallest absolute Gasteiger partial charge is 0.243 e. The van der Waals surface area contributed by atoms with E-state index in [1.54, 1.807) is 10.4 Å². The average Bonchev–Trinajstić information content (AvgIpc) is 2.68. The average molecular weight is 404 g/mol. The first-order valence-corrected chi connectivity index (χ1v) is 10.9. The van der Waals surface area contributed by atoms with Gasteiger partial charge >= 0.3 is 0 Å². The van der Waals surface area contributed by atoms with Crippen LogP contribution in [0.15, 0.2) is 53.4 Å². The van der Waals surface area contributed by atoms with Crippen molar-refractivity contribution in [1.82, 2.24) is 14.5 Å². The molecule has 0 aliphatic carbocycles. The molecule has 1 fully saturated rings. The number of aryl methyl sites for hydroxylation is 2. The van der Waals surface area contributed by atoms with Crippen molar-refractivity contribution < 1.29 is 8.42 Å². The fourth-order valence-electron chi connectivity index (χ4n) is 3.14. The van der Waals surface area contributed by atoms with Gasteiger partial charge in [-0.05, 0) is 48.8 Å². The third kappa shape index (κ3) is 4.66. The van der Waals surface area contributed by atoms with Gasteiger partial charge in [0.25, 0.3) is 0 Å². The van der Waals surface area contributed by atoms with E-state index < -0.39 is 10.0 Å². The van der Waals surface area contributed by atoms with Crippen LogP contribution < -0.4 is 5.32 Å². The van der Waals surface area contributed by atoms with E-state index in [2.05, 4.69) is 5.32 Å². The largest absolute Gasteiger partial charge is 0.358 e. The molecule has 0 aromatic heterocycles. The number of nitrogens with one attached hydrogen (secondary N) is 1. The van der Waals surface area contributed by atoms with Crippen molar-refractivity contribution in [3.8, 4) is 0 Å². The summed E-state index contributed by atoms with van der Waals surface area (Å²) in [7, 11) is -3.48. The van der Waals surface area contributed by atoms with Gasteiger partial charge in [-0.15, -0.1) is 0 Å². The van der Waals surface area contributed by atoms with Crippen LogP contribution in [0, 0.1) is 13.8 Å². The summed E-state index contributed by atoms with van der Waals surface area (Å²) in [6, 6.07) is 15.6. The zero-order chi connectivity index (χ0) is 19.4. The van der Waals surface area contributed by atoms with Crippen molar-refractivity contribution in [2.24, 2.45) is 0 Å². The third-order valence-corrected chi connectivity index (χ3v) is 7.22. The number of thiocarbonyl (C=S) groups is 1. The monoisotopic (exact) mass is 403 g/mol. The van der Waals surface area contributed by atoms with Gasteiger partial charge in [-0.3, -0.25) is 0 Å². The van der Waals surface area contributed by atoms with E-state index in [0.717, 1.165) is 16.7 Å². The van der Waals surface area contributed by atoms with E-state index in [1.807, 2.05) is 61.2 Å². The second-order valence-corrected chi connectivity index (χ2v) is 9.10. The van der Waals surface area contributed by atoms with Crippen LogP contribution in [0.4, 0.5) is 0 Å². The third-order valence-electron chi connectivity index (χ3n) is 4.77. The van der Waals surface area contributed by atoms with Crippen molar-refractivity contribution in [2.75, 3.05) is 26.2 Å². The lowest BCUT2D eigenvalue weighted by Gasteiger charge is -2.35. The number of piperazine rings is 1. The van der Waals surface area contributed by atoms with Crippen LogP contribution in [0.1, 0.15) is 16.7 Å². The molecular weight excluding hydrogens is 378 g/mol. The molecule has 0 unspecified atom stereocenters. The maximum absolute atomic E-state index is 13.0. The molecule has 2 aromatic carbocycles. The quantitative estimate of drug-likeness (QED) is 0.796. The standard InChI is InChI=1S/C20H25N3O2S2/c1-16-8-9-17(2)19(14-16)27(24,25)23-12-10-22(11-13-23)20(26)21-15-18-6-4-3-5-7-18/h3-9,14H,10-13,15H2,1-2H3,(H,21,26). The van der Waals surface area contributed by atoms with Crippen molar-refractivity contribution in [3.63, 3.8) is 0 Å². The minimum Gasteiger partial charge on any atom is -0.358 e. The first-order valence-electron chi connectivity index (χ1n) is 9.02. The number of rotatable bonds is 4. The van der Waals surface area contributed by atoms with Crippen molar-refractivity contribution in [2.45, 2.75) is 25.3 Å². The summed E-state index contributed by atoms with van der Waals surface area (Å²) in [5, 5.41) is 3.93. The summed E-state index contributed by atoms with van der Waals surface area (Å²) < 4.78 is 27.6. The molecule has 0 radical (unpaired) electrons. The Labute approximate surface area is 167 Å². The van der Waals surface area contributed by atoms with Gasteiger partial charge < -0.3 is 10.2 Å². The highest BCUT2D eigenvalue weighted by Crippen LogP contribution is 2.22. The number of nitrogens with zero attached hydrogens (tertiary/aromatic N) is 2. The first kappa shape index (κ1) is 19.8. The summed E-state index contributed by atoms with van der Waals surface area (Å²) in [4.78, 5) is 2.44.